The lowest BCUT2D eigenvalue weighted by Gasteiger charge is -2.29. The molecule has 1 aliphatic heterocycles. The zero-order valence-electron chi connectivity index (χ0n) is 16.8. The molecule has 0 aliphatic carbocycles. The average molecular weight is 423 g/mol. The Morgan fingerprint density at radius 1 is 1.23 bits per heavy atom. The van der Waals surface area contributed by atoms with Crippen LogP contribution in [0.3, 0.4) is 0 Å². The lowest BCUT2D eigenvalue weighted by molar-refractivity contribution is -0.146. The normalized spacial score (nSPS) is 13.2. The topological polar surface area (TPSA) is 68.7 Å². The zero-order chi connectivity index (χ0) is 21.1. The molecule has 0 spiro atoms. The smallest absolute Gasteiger partial charge is 0.326 e. The average Bonchev–Trinajstić information content (AvgIpc) is 3.18. The van der Waals surface area contributed by atoms with Crippen LogP contribution in [0.25, 0.3) is 11.3 Å². The summed E-state index contributed by atoms with van der Waals surface area (Å²) in [5.74, 6) is -0.158. The number of rotatable bonds is 6. The summed E-state index contributed by atoms with van der Waals surface area (Å²) < 4.78 is 10.7. The molecule has 1 aromatic heterocycles. The number of anilines is 1. The van der Waals surface area contributed by atoms with Crippen molar-refractivity contribution in [2.75, 3.05) is 18.1 Å². The Morgan fingerprint density at radius 2 is 2.03 bits per heavy atom. The van der Waals surface area contributed by atoms with Crippen molar-refractivity contribution in [1.82, 2.24) is 4.98 Å². The van der Waals surface area contributed by atoms with Gasteiger partial charge in [-0.3, -0.25) is 14.5 Å². The van der Waals surface area contributed by atoms with Crippen molar-refractivity contribution in [3.8, 4) is 17.0 Å². The van der Waals surface area contributed by atoms with Crippen LogP contribution in [-0.4, -0.2) is 36.1 Å². The van der Waals surface area contributed by atoms with Crippen LogP contribution in [0.4, 0.5) is 5.69 Å². The summed E-state index contributed by atoms with van der Waals surface area (Å²) in [6.45, 7) is 3.31. The first-order valence-corrected chi connectivity index (χ1v) is 10.6. The molecule has 2 aromatic carbocycles. The number of thiazole rings is 1. The van der Waals surface area contributed by atoms with E-state index in [1.54, 1.807) is 25.2 Å². The number of ether oxygens (including phenoxy) is 2. The Bertz CT molecular complexity index is 1060. The highest BCUT2D eigenvalue weighted by molar-refractivity contribution is 7.10. The van der Waals surface area contributed by atoms with Gasteiger partial charge in [-0.15, -0.1) is 11.3 Å². The monoisotopic (exact) mass is 422 g/mol. The minimum Gasteiger partial charge on any atom is -0.482 e. The second-order valence-corrected chi connectivity index (χ2v) is 8.22. The minimum atomic E-state index is -0.449. The highest BCUT2D eigenvalue weighted by atomic mass is 32.1. The van der Waals surface area contributed by atoms with Crippen molar-refractivity contribution in [3.63, 3.8) is 0 Å². The summed E-state index contributed by atoms with van der Waals surface area (Å²) in [7, 11) is 0. The molecule has 0 radical (unpaired) electrons. The van der Waals surface area contributed by atoms with Gasteiger partial charge in [-0.2, -0.15) is 0 Å². The molecule has 1 amide bonds. The first kappa shape index (κ1) is 20.1. The highest BCUT2D eigenvalue weighted by Crippen LogP contribution is 2.36. The van der Waals surface area contributed by atoms with Crippen LogP contribution in [0.15, 0.2) is 53.9 Å². The Hall–Kier alpha value is -3.19. The second-order valence-electron chi connectivity index (χ2n) is 7.28. The summed E-state index contributed by atoms with van der Waals surface area (Å²) in [5, 5.41) is 3.02. The van der Waals surface area contributed by atoms with Gasteiger partial charge in [0, 0.05) is 17.4 Å². The fourth-order valence-electron chi connectivity index (χ4n) is 3.26. The van der Waals surface area contributed by atoms with Gasteiger partial charge in [0.1, 0.15) is 12.3 Å². The fourth-order valence-corrected chi connectivity index (χ4v) is 4.10. The molecule has 2 heterocycles. The number of carbonyl (C=O) groups excluding carboxylic acids is 2. The molecule has 0 bridgehead atoms. The fraction of sp³-hybridized carbons (Fsp3) is 0.261. The molecule has 6 nitrogen and oxygen atoms in total. The van der Waals surface area contributed by atoms with Crippen LogP contribution >= 0.6 is 11.3 Å². The molecule has 4 rings (SSSR count). The van der Waals surface area contributed by atoms with Crippen molar-refractivity contribution in [1.29, 1.82) is 0 Å². The van der Waals surface area contributed by atoms with Gasteiger partial charge in [0.25, 0.3) is 5.91 Å². The maximum Gasteiger partial charge on any atom is 0.326 e. The minimum absolute atomic E-state index is 0.0980. The van der Waals surface area contributed by atoms with E-state index in [1.165, 1.54) is 10.5 Å². The van der Waals surface area contributed by atoms with E-state index in [9.17, 15) is 9.59 Å². The molecular formula is C23H22N2O4S. The molecule has 0 atom stereocenters. The van der Waals surface area contributed by atoms with E-state index in [4.69, 9.17) is 14.5 Å². The van der Waals surface area contributed by atoms with Gasteiger partial charge in [-0.05, 0) is 37.6 Å². The molecular weight excluding hydrogens is 400 g/mol. The third-order valence-corrected chi connectivity index (χ3v) is 5.45. The number of benzene rings is 2. The van der Waals surface area contributed by atoms with E-state index in [-0.39, 0.29) is 25.2 Å². The van der Waals surface area contributed by atoms with Gasteiger partial charge in [0.15, 0.2) is 6.61 Å². The van der Waals surface area contributed by atoms with E-state index in [0.29, 0.717) is 11.4 Å². The van der Waals surface area contributed by atoms with Crippen LogP contribution in [0.2, 0.25) is 0 Å². The molecule has 30 heavy (non-hydrogen) atoms. The summed E-state index contributed by atoms with van der Waals surface area (Å²) in [6.07, 6.45) is 0.531. The summed E-state index contributed by atoms with van der Waals surface area (Å²) in [6, 6.07) is 15.8. The number of fused-ring (bicyclic) bond motifs is 1. The summed E-state index contributed by atoms with van der Waals surface area (Å²) >= 11 is 1.60. The van der Waals surface area contributed by atoms with Gasteiger partial charge in [-0.25, -0.2) is 4.98 Å². The van der Waals surface area contributed by atoms with Crippen molar-refractivity contribution in [3.05, 3.63) is 64.5 Å². The Balaban J connectivity index is 1.58. The molecule has 0 saturated carbocycles. The van der Waals surface area contributed by atoms with Gasteiger partial charge >= 0.3 is 5.97 Å². The number of esters is 1. The largest absolute Gasteiger partial charge is 0.482 e. The predicted molar refractivity (Wildman–Crippen MR) is 116 cm³/mol. The van der Waals surface area contributed by atoms with Gasteiger partial charge < -0.3 is 9.47 Å². The third-order valence-electron chi connectivity index (χ3n) is 4.60. The van der Waals surface area contributed by atoms with Crippen molar-refractivity contribution >= 4 is 28.9 Å². The SMILES string of the molecule is CC(C)OC(=O)CN1C(=O)COc2ccc(-c3csc(Cc4ccccc4)n3)cc21. The number of aromatic nitrogens is 1. The highest BCUT2D eigenvalue weighted by Gasteiger charge is 2.28. The van der Waals surface area contributed by atoms with Gasteiger partial charge in [0.2, 0.25) is 0 Å². The van der Waals surface area contributed by atoms with Gasteiger partial charge in [-0.1, -0.05) is 30.3 Å². The molecule has 0 saturated heterocycles. The molecule has 154 valence electrons. The number of nitrogens with zero attached hydrogens (tertiary/aromatic N) is 2. The van der Waals surface area contributed by atoms with Crippen LogP contribution in [0, 0.1) is 0 Å². The molecule has 0 N–H and O–H groups in total. The molecule has 0 unspecified atom stereocenters. The molecule has 1 aliphatic rings. The Labute approximate surface area is 179 Å². The number of hydrogen-bond acceptors (Lipinski definition) is 6. The van der Waals surface area contributed by atoms with Crippen molar-refractivity contribution < 1.29 is 19.1 Å². The number of carbonyl (C=O) groups is 2. The van der Waals surface area contributed by atoms with Crippen LogP contribution in [0.1, 0.15) is 24.4 Å². The summed E-state index contributed by atoms with van der Waals surface area (Å²) in [5.41, 5.74) is 3.46. The zero-order valence-corrected chi connectivity index (χ0v) is 17.6. The van der Waals surface area contributed by atoms with Crippen LogP contribution < -0.4 is 9.64 Å². The van der Waals surface area contributed by atoms with E-state index in [1.807, 2.05) is 41.8 Å². The quantitative estimate of drug-likeness (QED) is 0.560. The second kappa shape index (κ2) is 8.67. The predicted octanol–water partition coefficient (Wildman–Crippen LogP) is 4.08. The van der Waals surface area contributed by atoms with E-state index < -0.39 is 5.97 Å². The van der Waals surface area contributed by atoms with E-state index in [0.717, 1.165) is 22.7 Å². The third kappa shape index (κ3) is 4.52. The number of hydrogen-bond donors (Lipinski definition) is 0. The van der Waals surface area contributed by atoms with Gasteiger partial charge in [0.05, 0.1) is 22.5 Å². The van der Waals surface area contributed by atoms with Crippen LogP contribution in [-0.2, 0) is 20.7 Å². The number of amides is 1. The summed E-state index contributed by atoms with van der Waals surface area (Å²) in [4.78, 5) is 30.7. The van der Waals surface area contributed by atoms with Crippen LogP contribution in [0.5, 0.6) is 5.75 Å². The molecule has 0 fully saturated rings. The van der Waals surface area contributed by atoms with Crippen molar-refractivity contribution in [2.24, 2.45) is 0 Å². The Kier molecular flexibility index (Phi) is 5.81. The van der Waals surface area contributed by atoms with Crippen molar-refractivity contribution in [2.45, 2.75) is 26.4 Å². The first-order chi connectivity index (χ1) is 14.5. The lowest BCUT2D eigenvalue weighted by atomic mass is 10.1. The van der Waals surface area contributed by atoms with E-state index in [2.05, 4.69) is 12.1 Å². The molecule has 7 heteroatoms. The Morgan fingerprint density at radius 3 is 2.80 bits per heavy atom. The maximum atomic E-state index is 12.4. The standard InChI is InChI=1S/C23H22N2O4S/c1-15(2)29-23(27)12-25-19-11-17(8-9-20(19)28-13-22(25)26)18-14-30-21(24-18)10-16-6-4-3-5-7-16/h3-9,11,14-15H,10,12-13H2,1-2H3. The maximum absolute atomic E-state index is 12.4. The molecule has 3 aromatic rings. The lowest BCUT2D eigenvalue weighted by Crippen LogP contribution is -2.42. The van der Waals surface area contributed by atoms with E-state index >= 15 is 0 Å². The first-order valence-electron chi connectivity index (χ1n) is 9.75.